The van der Waals surface area contributed by atoms with Gasteiger partial charge in [0.05, 0.1) is 41.2 Å². The molecule has 0 unspecified atom stereocenters. The highest BCUT2D eigenvalue weighted by atomic mass is 16.5. The van der Waals surface area contributed by atoms with E-state index in [2.05, 4.69) is 10.6 Å². The van der Waals surface area contributed by atoms with Crippen LogP contribution in [0.25, 0.3) is 0 Å². The summed E-state index contributed by atoms with van der Waals surface area (Å²) in [4.78, 5) is 12.3. The Hall–Kier alpha value is -2.97. The van der Waals surface area contributed by atoms with Gasteiger partial charge in [-0.15, -0.1) is 0 Å². The summed E-state index contributed by atoms with van der Waals surface area (Å²) >= 11 is 0. The van der Waals surface area contributed by atoms with Crippen LogP contribution in [0.1, 0.15) is 11.1 Å². The molecule has 0 bridgehead atoms. The van der Waals surface area contributed by atoms with Crippen LogP contribution in [0.3, 0.4) is 0 Å². The van der Waals surface area contributed by atoms with E-state index < -0.39 is 0 Å². The summed E-state index contributed by atoms with van der Waals surface area (Å²) in [6.07, 6.45) is 0. The Morgan fingerprint density at radius 1 is 0.931 bits per heavy atom. The molecular weight excluding hydrogens is 376 g/mol. The highest BCUT2D eigenvalue weighted by molar-refractivity contribution is 5.89. The Balaban J connectivity index is 1.95. The van der Waals surface area contributed by atoms with E-state index in [0.717, 1.165) is 11.1 Å². The highest BCUT2D eigenvalue weighted by Gasteiger charge is 2.16. The van der Waals surface area contributed by atoms with E-state index in [9.17, 15) is 4.79 Å². The number of urea groups is 1. The van der Waals surface area contributed by atoms with Gasteiger partial charge >= 0.3 is 6.03 Å². The number of carbonyl (C=O) groups excluding carboxylic acids is 1. The molecule has 2 rings (SSSR count). The van der Waals surface area contributed by atoms with Crippen LogP contribution in [0.15, 0.2) is 36.4 Å². The monoisotopic (exact) mass is 404 g/mol. The number of rotatable bonds is 11. The molecule has 0 aliphatic heterocycles. The molecule has 0 spiro atoms. The maximum absolute atomic E-state index is 12.3. The van der Waals surface area contributed by atoms with Gasteiger partial charge in [0.15, 0.2) is 11.5 Å². The number of hydrogen-bond acceptors (Lipinski definition) is 6. The first kappa shape index (κ1) is 22.3. The molecule has 29 heavy (non-hydrogen) atoms. The zero-order chi connectivity index (χ0) is 21.1. The van der Waals surface area contributed by atoms with Gasteiger partial charge in [-0.05, 0) is 29.8 Å². The van der Waals surface area contributed by atoms with Gasteiger partial charge in [0.25, 0.3) is 0 Å². The van der Waals surface area contributed by atoms with Gasteiger partial charge in [0.1, 0.15) is 0 Å². The van der Waals surface area contributed by atoms with Gasteiger partial charge < -0.3 is 34.3 Å². The number of amides is 2. The number of anilines is 1. The van der Waals surface area contributed by atoms with Crippen LogP contribution in [0.2, 0.25) is 0 Å². The van der Waals surface area contributed by atoms with Crippen molar-refractivity contribution in [2.45, 2.75) is 13.2 Å². The molecule has 0 radical (unpaired) electrons. The average molecular weight is 404 g/mol. The standard InChI is InChI=1S/C21H28N2O6/c1-25-10-11-29-14-15-6-5-7-17(12-15)23-21(24)22-13-16-8-9-18(26-2)20(28-4)19(16)27-3/h5-9,12H,10-11,13-14H2,1-4H3,(H2,22,23,24). The smallest absolute Gasteiger partial charge is 0.319 e. The lowest BCUT2D eigenvalue weighted by molar-refractivity contribution is 0.0617. The fraction of sp³-hybridized carbons (Fsp3) is 0.381. The minimum atomic E-state index is -0.334. The van der Waals surface area contributed by atoms with Crippen molar-refractivity contribution in [1.82, 2.24) is 5.32 Å². The van der Waals surface area contributed by atoms with Crippen molar-refractivity contribution in [2.75, 3.05) is 47.0 Å². The second-order valence-corrected chi connectivity index (χ2v) is 6.05. The molecule has 0 heterocycles. The summed E-state index contributed by atoms with van der Waals surface area (Å²) in [5.74, 6) is 1.56. The minimum Gasteiger partial charge on any atom is -0.493 e. The molecule has 0 aliphatic carbocycles. The van der Waals surface area contributed by atoms with Gasteiger partial charge in [0.2, 0.25) is 5.75 Å². The van der Waals surface area contributed by atoms with Gasteiger partial charge in [-0.3, -0.25) is 0 Å². The molecule has 8 heteroatoms. The van der Waals surface area contributed by atoms with Crippen LogP contribution < -0.4 is 24.8 Å². The number of benzene rings is 2. The second-order valence-electron chi connectivity index (χ2n) is 6.05. The van der Waals surface area contributed by atoms with Crippen LogP contribution in [-0.2, 0) is 22.6 Å². The third-order valence-corrected chi connectivity index (χ3v) is 4.11. The second kappa shape index (κ2) is 11.8. The summed E-state index contributed by atoms with van der Waals surface area (Å²) in [5, 5.41) is 5.63. The Morgan fingerprint density at radius 3 is 2.41 bits per heavy atom. The Kier molecular flexibility index (Phi) is 9.07. The predicted octanol–water partition coefficient (Wildman–Crippen LogP) is 3.20. The maximum Gasteiger partial charge on any atom is 0.319 e. The van der Waals surface area contributed by atoms with E-state index in [-0.39, 0.29) is 12.6 Å². The molecule has 0 aliphatic rings. The summed E-state index contributed by atoms with van der Waals surface area (Å²) in [6, 6.07) is 10.7. The quantitative estimate of drug-likeness (QED) is 0.560. The lowest BCUT2D eigenvalue weighted by Gasteiger charge is -2.16. The molecule has 0 aromatic heterocycles. The third-order valence-electron chi connectivity index (χ3n) is 4.11. The van der Waals surface area contributed by atoms with Crippen molar-refractivity contribution in [2.24, 2.45) is 0 Å². The molecule has 158 valence electrons. The molecule has 2 amide bonds. The predicted molar refractivity (Wildman–Crippen MR) is 110 cm³/mol. The number of hydrogen-bond donors (Lipinski definition) is 2. The Morgan fingerprint density at radius 2 is 1.72 bits per heavy atom. The zero-order valence-electron chi connectivity index (χ0n) is 17.2. The normalized spacial score (nSPS) is 10.3. The highest BCUT2D eigenvalue weighted by Crippen LogP contribution is 2.39. The fourth-order valence-electron chi connectivity index (χ4n) is 2.72. The van der Waals surface area contributed by atoms with Crippen molar-refractivity contribution >= 4 is 11.7 Å². The summed E-state index contributed by atoms with van der Waals surface area (Å²) < 4.78 is 26.5. The number of nitrogens with one attached hydrogen (secondary N) is 2. The largest absolute Gasteiger partial charge is 0.493 e. The topological polar surface area (TPSA) is 87.3 Å². The SMILES string of the molecule is COCCOCc1cccc(NC(=O)NCc2ccc(OC)c(OC)c2OC)c1. The summed E-state index contributed by atoms with van der Waals surface area (Å²) in [7, 11) is 6.26. The first-order chi connectivity index (χ1) is 14.1. The number of carbonyl (C=O) groups is 1. The van der Waals surface area contributed by atoms with Crippen LogP contribution in [0.4, 0.5) is 10.5 Å². The fourth-order valence-corrected chi connectivity index (χ4v) is 2.72. The third kappa shape index (κ3) is 6.55. The van der Waals surface area contributed by atoms with E-state index in [1.165, 1.54) is 7.11 Å². The Labute approximate surface area is 171 Å². The van der Waals surface area contributed by atoms with Crippen LogP contribution >= 0.6 is 0 Å². The van der Waals surface area contributed by atoms with E-state index >= 15 is 0 Å². The number of methoxy groups -OCH3 is 4. The molecule has 2 aromatic rings. The minimum absolute atomic E-state index is 0.259. The Bertz CT molecular complexity index is 797. The van der Waals surface area contributed by atoms with Crippen molar-refractivity contribution in [3.05, 3.63) is 47.5 Å². The van der Waals surface area contributed by atoms with E-state index in [1.54, 1.807) is 27.4 Å². The molecule has 2 N–H and O–H groups in total. The van der Waals surface area contributed by atoms with Crippen LogP contribution in [-0.4, -0.2) is 47.7 Å². The average Bonchev–Trinajstić information content (AvgIpc) is 2.74. The molecule has 0 saturated carbocycles. The molecule has 0 fully saturated rings. The molecule has 2 aromatic carbocycles. The van der Waals surface area contributed by atoms with Crippen LogP contribution in [0.5, 0.6) is 17.2 Å². The molecule has 0 atom stereocenters. The van der Waals surface area contributed by atoms with Gasteiger partial charge in [0, 0.05) is 24.9 Å². The molecule has 0 saturated heterocycles. The van der Waals surface area contributed by atoms with Crippen molar-refractivity contribution < 1.29 is 28.5 Å². The number of ether oxygens (including phenoxy) is 5. The van der Waals surface area contributed by atoms with Gasteiger partial charge in [-0.25, -0.2) is 4.79 Å². The van der Waals surface area contributed by atoms with E-state index in [1.807, 2.05) is 30.3 Å². The van der Waals surface area contributed by atoms with E-state index in [0.29, 0.717) is 42.8 Å². The summed E-state index contributed by atoms with van der Waals surface area (Å²) in [6.45, 7) is 1.76. The van der Waals surface area contributed by atoms with Gasteiger partial charge in [-0.2, -0.15) is 0 Å². The first-order valence-electron chi connectivity index (χ1n) is 9.11. The van der Waals surface area contributed by atoms with Gasteiger partial charge in [-0.1, -0.05) is 12.1 Å². The lowest BCUT2D eigenvalue weighted by Crippen LogP contribution is -2.28. The zero-order valence-corrected chi connectivity index (χ0v) is 17.2. The van der Waals surface area contributed by atoms with E-state index in [4.69, 9.17) is 23.7 Å². The maximum atomic E-state index is 12.3. The lowest BCUT2D eigenvalue weighted by atomic mass is 10.1. The van der Waals surface area contributed by atoms with Crippen LogP contribution in [0, 0.1) is 0 Å². The van der Waals surface area contributed by atoms with Crippen molar-refractivity contribution in [1.29, 1.82) is 0 Å². The van der Waals surface area contributed by atoms with Crippen molar-refractivity contribution in [3.63, 3.8) is 0 Å². The first-order valence-corrected chi connectivity index (χ1v) is 9.11. The molecule has 8 nitrogen and oxygen atoms in total. The summed E-state index contributed by atoms with van der Waals surface area (Å²) in [5.41, 5.74) is 2.40. The molecular formula is C21H28N2O6. The van der Waals surface area contributed by atoms with Crippen molar-refractivity contribution in [3.8, 4) is 17.2 Å².